The molecule has 2 aromatic carbocycles. The van der Waals surface area contributed by atoms with Crippen molar-refractivity contribution in [2.45, 2.75) is 11.8 Å². The predicted molar refractivity (Wildman–Crippen MR) is 126 cm³/mol. The van der Waals surface area contributed by atoms with Gasteiger partial charge in [-0.15, -0.1) is 0 Å². The molecule has 0 aliphatic carbocycles. The van der Waals surface area contributed by atoms with Gasteiger partial charge in [-0.3, -0.25) is 14.5 Å². The first-order valence-corrected chi connectivity index (χ1v) is 11.6. The molecule has 0 spiro atoms. The first-order chi connectivity index (χ1) is 15.1. The Morgan fingerprint density at radius 3 is 2.58 bits per heavy atom. The Labute approximate surface area is 187 Å². The quantitative estimate of drug-likeness (QED) is 0.681. The fourth-order valence-electron chi connectivity index (χ4n) is 3.76. The van der Waals surface area contributed by atoms with E-state index in [1.54, 1.807) is 6.07 Å². The van der Waals surface area contributed by atoms with E-state index in [1.165, 1.54) is 11.8 Å². The Morgan fingerprint density at radius 2 is 1.84 bits per heavy atom. The van der Waals surface area contributed by atoms with E-state index in [2.05, 4.69) is 27.4 Å². The molecule has 2 heterocycles. The number of likely N-dealkylation sites (N-methyl/N-ethyl adjacent to an activating group) is 1. The number of thioether (sulfide) groups is 1. The topological polar surface area (TPSA) is 64.7 Å². The van der Waals surface area contributed by atoms with E-state index in [0.29, 0.717) is 22.7 Å². The van der Waals surface area contributed by atoms with Crippen LogP contribution in [0.5, 0.6) is 0 Å². The minimum absolute atomic E-state index is 0.111. The molecule has 2 aromatic rings. The Kier molecular flexibility index (Phi) is 7.06. The number of carbonyl (C=O) groups is 2. The monoisotopic (exact) mass is 436 g/mol. The summed E-state index contributed by atoms with van der Waals surface area (Å²) in [6.07, 6.45) is 1.88. The summed E-state index contributed by atoms with van der Waals surface area (Å²) >= 11 is 1.43. The third kappa shape index (κ3) is 5.55. The Balaban J connectivity index is 1.33. The van der Waals surface area contributed by atoms with Gasteiger partial charge in [0.05, 0.1) is 10.6 Å². The van der Waals surface area contributed by atoms with Crippen LogP contribution >= 0.6 is 11.8 Å². The molecule has 162 valence electrons. The molecule has 2 amide bonds. The predicted octanol–water partition coefficient (Wildman–Crippen LogP) is 3.14. The molecule has 0 aromatic heterocycles. The molecule has 1 saturated heterocycles. The highest BCUT2D eigenvalue weighted by atomic mass is 32.2. The second kappa shape index (κ2) is 10.1. The van der Waals surface area contributed by atoms with Gasteiger partial charge in [-0.25, -0.2) is 0 Å². The van der Waals surface area contributed by atoms with Crippen molar-refractivity contribution in [3.05, 3.63) is 64.6 Å². The van der Waals surface area contributed by atoms with Gasteiger partial charge in [0.15, 0.2) is 0 Å². The molecule has 2 aliphatic rings. The molecule has 2 N–H and O–H groups in total. The van der Waals surface area contributed by atoms with E-state index < -0.39 is 0 Å². The van der Waals surface area contributed by atoms with Crippen molar-refractivity contribution in [2.24, 2.45) is 0 Å². The maximum Gasteiger partial charge on any atom is 0.262 e. The molecule has 0 saturated carbocycles. The number of benzene rings is 2. The second-order valence-electron chi connectivity index (χ2n) is 7.72. The van der Waals surface area contributed by atoms with Gasteiger partial charge in [0, 0.05) is 49.7 Å². The molecule has 6 nitrogen and oxygen atoms in total. The van der Waals surface area contributed by atoms with Crippen LogP contribution in [0.4, 0.5) is 5.69 Å². The first kappa shape index (κ1) is 21.6. The lowest BCUT2D eigenvalue weighted by Crippen LogP contribution is -2.48. The zero-order chi connectivity index (χ0) is 21.6. The molecule has 0 unspecified atom stereocenters. The highest BCUT2D eigenvalue weighted by Gasteiger charge is 2.22. The molecular weight excluding hydrogens is 408 g/mol. The number of fused-ring (bicyclic) bond motifs is 1. The zero-order valence-electron chi connectivity index (χ0n) is 17.8. The van der Waals surface area contributed by atoms with Crippen molar-refractivity contribution in [1.82, 2.24) is 15.1 Å². The lowest BCUT2D eigenvalue weighted by atomic mass is 10.1. The third-order valence-corrected chi connectivity index (χ3v) is 6.76. The SMILES string of the molecule is CCN1CCN(CCNC(=O)c2ccc3c(c2)NC(=O)/C(=C/c2ccccc2)S3)CC1. The van der Waals surface area contributed by atoms with Crippen LogP contribution in [-0.2, 0) is 4.79 Å². The average Bonchev–Trinajstić information content (AvgIpc) is 2.80. The van der Waals surface area contributed by atoms with Crippen LogP contribution in [0.1, 0.15) is 22.8 Å². The summed E-state index contributed by atoms with van der Waals surface area (Å²) in [5, 5.41) is 5.93. The number of carbonyl (C=O) groups excluding carboxylic acids is 2. The van der Waals surface area contributed by atoms with Crippen LogP contribution < -0.4 is 10.6 Å². The van der Waals surface area contributed by atoms with E-state index in [4.69, 9.17) is 0 Å². The molecule has 0 atom stereocenters. The van der Waals surface area contributed by atoms with Crippen LogP contribution in [0.2, 0.25) is 0 Å². The number of hydrogen-bond donors (Lipinski definition) is 2. The summed E-state index contributed by atoms with van der Waals surface area (Å²) in [5.74, 6) is -0.259. The number of rotatable bonds is 6. The van der Waals surface area contributed by atoms with E-state index in [0.717, 1.165) is 49.7 Å². The van der Waals surface area contributed by atoms with Crippen LogP contribution in [0, 0.1) is 0 Å². The lowest BCUT2D eigenvalue weighted by Gasteiger charge is -2.33. The molecule has 31 heavy (non-hydrogen) atoms. The van der Waals surface area contributed by atoms with Crippen molar-refractivity contribution in [3.63, 3.8) is 0 Å². The van der Waals surface area contributed by atoms with Gasteiger partial charge in [0.2, 0.25) is 0 Å². The van der Waals surface area contributed by atoms with Gasteiger partial charge in [0.25, 0.3) is 11.8 Å². The second-order valence-corrected chi connectivity index (χ2v) is 8.80. The summed E-state index contributed by atoms with van der Waals surface area (Å²) < 4.78 is 0. The lowest BCUT2D eigenvalue weighted by molar-refractivity contribution is -0.112. The highest BCUT2D eigenvalue weighted by molar-refractivity contribution is 8.04. The summed E-state index contributed by atoms with van der Waals surface area (Å²) in [7, 11) is 0. The van der Waals surface area contributed by atoms with Gasteiger partial charge in [-0.05, 0) is 36.4 Å². The van der Waals surface area contributed by atoms with Gasteiger partial charge in [-0.2, -0.15) is 0 Å². The van der Waals surface area contributed by atoms with Crippen LogP contribution in [-0.4, -0.2) is 67.4 Å². The molecule has 0 radical (unpaired) electrons. The maximum absolute atomic E-state index is 12.6. The number of hydrogen-bond acceptors (Lipinski definition) is 5. The van der Waals surface area contributed by atoms with Crippen molar-refractivity contribution in [1.29, 1.82) is 0 Å². The Bertz CT molecular complexity index is 969. The smallest absolute Gasteiger partial charge is 0.262 e. The fraction of sp³-hybridized carbons (Fsp3) is 0.333. The molecule has 1 fully saturated rings. The van der Waals surface area contributed by atoms with Crippen LogP contribution in [0.25, 0.3) is 6.08 Å². The summed E-state index contributed by atoms with van der Waals surface area (Å²) in [6.45, 7) is 9.04. The minimum atomic E-state index is -0.148. The molecule has 2 aliphatic heterocycles. The number of nitrogens with one attached hydrogen (secondary N) is 2. The molecule has 7 heteroatoms. The average molecular weight is 437 g/mol. The number of nitrogens with zero attached hydrogens (tertiary/aromatic N) is 2. The first-order valence-electron chi connectivity index (χ1n) is 10.8. The zero-order valence-corrected chi connectivity index (χ0v) is 18.6. The van der Waals surface area contributed by atoms with E-state index >= 15 is 0 Å². The van der Waals surface area contributed by atoms with Gasteiger partial charge >= 0.3 is 0 Å². The van der Waals surface area contributed by atoms with Gasteiger partial charge < -0.3 is 15.5 Å². The van der Waals surface area contributed by atoms with Crippen molar-refractivity contribution >= 4 is 35.3 Å². The number of piperazine rings is 1. The molecular formula is C24H28N4O2S. The third-order valence-electron chi connectivity index (χ3n) is 5.66. The van der Waals surface area contributed by atoms with Gasteiger partial charge in [0.1, 0.15) is 0 Å². The highest BCUT2D eigenvalue weighted by Crippen LogP contribution is 2.39. The fourth-order valence-corrected chi connectivity index (χ4v) is 4.69. The van der Waals surface area contributed by atoms with Crippen LogP contribution in [0.15, 0.2) is 58.3 Å². The van der Waals surface area contributed by atoms with Crippen molar-refractivity contribution in [2.75, 3.05) is 51.1 Å². The van der Waals surface area contributed by atoms with Crippen LogP contribution in [0.3, 0.4) is 0 Å². The maximum atomic E-state index is 12.6. The standard InChI is InChI=1S/C24H28N4O2S/c1-2-27-12-14-28(15-13-27)11-10-25-23(29)19-8-9-21-20(17-19)26-24(30)22(31-21)16-18-6-4-3-5-7-18/h3-9,16-17H,2,10-15H2,1H3,(H,25,29)(H,26,30)/b22-16-. The summed E-state index contributed by atoms with van der Waals surface area (Å²) in [4.78, 5) is 31.5. The van der Waals surface area contributed by atoms with E-state index in [9.17, 15) is 9.59 Å². The Hall–Kier alpha value is -2.61. The Morgan fingerprint density at radius 1 is 1.10 bits per heavy atom. The largest absolute Gasteiger partial charge is 0.351 e. The normalized spacial score (nSPS) is 18.5. The number of amides is 2. The summed E-state index contributed by atoms with van der Waals surface area (Å²) in [5.41, 5.74) is 2.23. The summed E-state index contributed by atoms with van der Waals surface area (Å²) in [6, 6.07) is 15.2. The van der Waals surface area contributed by atoms with E-state index in [-0.39, 0.29) is 11.8 Å². The minimum Gasteiger partial charge on any atom is -0.351 e. The van der Waals surface area contributed by atoms with Crippen molar-refractivity contribution in [3.8, 4) is 0 Å². The van der Waals surface area contributed by atoms with Crippen molar-refractivity contribution < 1.29 is 9.59 Å². The molecule has 4 rings (SSSR count). The number of anilines is 1. The molecule has 0 bridgehead atoms. The van der Waals surface area contributed by atoms with E-state index in [1.807, 2.05) is 48.5 Å². The van der Waals surface area contributed by atoms with Gasteiger partial charge in [-0.1, -0.05) is 49.0 Å².